The summed E-state index contributed by atoms with van der Waals surface area (Å²) in [7, 11) is -0.251. The van der Waals surface area contributed by atoms with Crippen LogP contribution >= 0.6 is 8.61 Å². The predicted molar refractivity (Wildman–Crippen MR) is 36.8 cm³/mol. The molecule has 0 aliphatic heterocycles. The molecule has 0 bridgehead atoms. The van der Waals surface area contributed by atoms with Gasteiger partial charge in [0.05, 0.1) is 6.61 Å². The highest BCUT2D eigenvalue weighted by Crippen LogP contribution is 1.92. The second kappa shape index (κ2) is 5.33. The summed E-state index contributed by atoms with van der Waals surface area (Å²) in [5.74, 6) is -0.383. The lowest BCUT2D eigenvalue weighted by molar-refractivity contribution is -0.144. The fourth-order valence-electron chi connectivity index (χ4n) is 0.399. The van der Waals surface area contributed by atoms with Gasteiger partial charge in [0, 0.05) is 0 Å². The van der Waals surface area contributed by atoms with Crippen molar-refractivity contribution >= 4 is 14.6 Å². The van der Waals surface area contributed by atoms with Gasteiger partial charge in [0.2, 0.25) is 8.61 Å². The molecule has 0 fully saturated rings. The summed E-state index contributed by atoms with van der Waals surface area (Å²) in [5.41, 5.74) is 0. The molecule has 0 aliphatic rings. The standard InChI is InChI=1S/C5H10NO3P/c1-3-9-5(7)4(2)6-10-8/h4H,3H2,1-2H3,(H,6,8)/t4-/m0/s1. The van der Waals surface area contributed by atoms with E-state index in [0.29, 0.717) is 6.61 Å². The Morgan fingerprint density at radius 2 is 2.40 bits per heavy atom. The maximum Gasteiger partial charge on any atom is 0.323 e. The van der Waals surface area contributed by atoms with Crippen LogP contribution in [0.1, 0.15) is 13.8 Å². The van der Waals surface area contributed by atoms with Crippen molar-refractivity contribution in [1.82, 2.24) is 5.09 Å². The van der Waals surface area contributed by atoms with E-state index < -0.39 is 6.04 Å². The lowest BCUT2D eigenvalue weighted by atomic mass is 10.4. The molecule has 0 heterocycles. The molecule has 0 rings (SSSR count). The van der Waals surface area contributed by atoms with E-state index in [1.165, 1.54) is 0 Å². The zero-order valence-electron chi connectivity index (χ0n) is 5.96. The van der Waals surface area contributed by atoms with Gasteiger partial charge in [-0.1, -0.05) is 0 Å². The van der Waals surface area contributed by atoms with Gasteiger partial charge in [-0.2, -0.15) is 0 Å². The molecule has 4 nitrogen and oxygen atoms in total. The number of esters is 1. The van der Waals surface area contributed by atoms with Gasteiger partial charge in [0.1, 0.15) is 6.04 Å². The molecule has 0 aromatic rings. The Hall–Kier alpha value is -0.470. The summed E-state index contributed by atoms with van der Waals surface area (Å²) in [5, 5.41) is 2.37. The molecule has 0 aromatic carbocycles. The van der Waals surface area contributed by atoms with Crippen molar-refractivity contribution in [2.75, 3.05) is 6.61 Å². The van der Waals surface area contributed by atoms with Gasteiger partial charge in [-0.25, -0.2) is 5.09 Å². The first-order valence-electron chi connectivity index (χ1n) is 2.96. The Balaban J connectivity index is 3.58. The Kier molecular flexibility index (Phi) is 5.08. The third-order valence-corrected chi connectivity index (χ3v) is 1.38. The number of ether oxygens (including phenoxy) is 1. The number of carbonyl (C=O) groups is 1. The minimum absolute atomic E-state index is 0.251. The van der Waals surface area contributed by atoms with Crippen LogP contribution in [0, 0.1) is 0 Å². The van der Waals surface area contributed by atoms with E-state index in [0.717, 1.165) is 0 Å². The van der Waals surface area contributed by atoms with E-state index >= 15 is 0 Å². The van der Waals surface area contributed by atoms with E-state index in [-0.39, 0.29) is 14.6 Å². The molecule has 0 unspecified atom stereocenters. The van der Waals surface area contributed by atoms with Crippen LogP contribution in [0.3, 0.4) is 0 Å². The van der Waals surface area contributed by atoms with Gasteiger partial charge in [-0.05, 0) is 13.8 Å². The quantitative estimate of drug-likeness (QED) is 0.490. The summed E-state index contributed by atoms with van der Waals surface area (Å²) in [4.78, 5) is 10.7. The fraction of sp³-hybridized carbons (Fsp3) is 0.800. The van der Waals surface area contributed by atoms with Crippen molar-refractivity contribution in [3.05, 3.63) is 0 Å². The molecule has 0 aliphatic carbocycles. The molecule has 0 amide bonds. The van der Waals surface area contributed by atoms with Crippen LogP contribution in [-0.4, -0.2) is 18.6 Å². The first-order valence-corrected chi connectivity index (χ1v) is 3.78. The minimum Gasteiger partial charge on any atom is -0.465 e. The first kappa shape index (κ1) is 9.53. The van der Waals surface area contributed by atoms with Crippen LogP contribution in [0.25, 0.3) is 0 Å². The SMILES string of the molecule is CCOC(=O)[C@H](C)NP=O. The summed E-state index contributed by atoms with van der Waals surface area (Å²) >= 11 is 0. The second-order valence-corrected chi connectivity index (χ2v) is 2.13. The van der Waals surface area contributed by atoms with Crippen LogP contribution in [0.15, 0.2) is 0 Å². The topological polar surface area (TPSA) is 55.4 Å². The van der Waals surface area contributed by atoms with Crippen LogP contribution in [-0.2, 0) is 14.1 Å². The Bertz CT molecular complexity index is 128. The van der Waals surface area contributed by atoms with Crippen LogP contribution < -0.4 is 5.09 Å². The molecule has 0 saturated heterocycles. The van der Waals surface area contributed by atoms with Gasteiger partial charge in [-0.15, -0.1) is 0 Å². The molecule has 1 N–H and O–H groups in total. The van der Waals surface area contributed by atoms with Gasteiger partial charge >= 0.3 is 5.97 Å². The highest BCUT2D eigenvalue weighted by Gasteiger charge is 2.11. The van der Waals surface area contributed by atoms with Crippen LogP contribution in [0.2, 0.25) is 0 Å². The van der Waals surface area contributed by atoms with E-state index in [9.17, 15) is 9.36 Å². The fourth-order valence-corrected chi connectivity index (χ4v) is 0.663. The number of hydrogen-bond acceptors (Lipinski definition) is 3. The molecule has 58 valence electrons. The van der Waals surface area contributed by atoms with Gasteiger partial charge < -0.3 is 4.74 Å². The Labute approximate surface area is 61.2 Å². The summed E-state index contributed by atoms with van der Waals surface area (Å²) in [6, 6.07) is -0.501. The van der Waals surface area contributed by atoms with Crippen molar-refractivity contribution in [2.45, 2.75) is 19.9 Å². The smallest absolute Gasteiger partial charge is 0.323 e. The molecule has 0 radical (unpaired) electrons. The largest absolute Gasteiger partial charge is 0.465 e. The number of carbonyl (C=O) groups excluding carboxylic acids is 1. The Morgan fingerprint density at radius 3 is 2.80 bits per heavy atom. The Morgan fingerprint density at radius 1 is 1.80 bits per heavy atom. The highest BCUT2D eigenvalue weighted by molar-refractivity contribution is 7.21. The zero-order chi connectivity index (χ0) is 7.98. The normalized spacial score (nSPS) is 13.0. The summed E-state index contributed by atoms with van der Waals surface area (Å²) < 4.78 is 14.5. The maximum atomic E-state index is 10.7. The third kappa shape index (κ3) is 3.54. The molecule has 10 heavy (non-hydrogen) atoms. The molecular weight excluding hydrogens is 153 g/mol. The van der Waals surface area contributed by atoms with Gasteiger partial charge in [-0.3, -0.25) is 9.36 Å². The lowest BCUT2D eigenvalue weighted by Crippen LogP contribution is -2.29. The highest BCUT2D eigenvalue weighted by atomic mass is 31.1. The minimum atomic E-state index is -0.501. The summed E-state index contributed by atoms with van der Waals surface area (Å²) in [6.45, 7) is 3.66. The first-order chi connectivity index (χ1) is 4.72. The molecule has 0 spiro atoms. The molecule has 5 heteroatoms. The third-order valence-electron chi connectivity index (χ3n) is 0.887. The zero-order valence-corrected chi connectivity index (χ0v) is 6.85. The molecule has 0 saturated carbocycles. The van der Waals surface area contributed by atoms with Crippen LogP contribution in [0.5, 0.6) is 0 Å². The average molecular weight is 163 g/mol. The molecule has 1 atom stereocenters. The van der Waals surface area contributed by atoms with Crippen molar-refractivity contribution in [3.63, 3.8) is 0 Å². The van der Waals surface area contributed by atoms with Crippen molar-refractivity contribution < 1.29 is 14.1 Å². The molecule has 0 aromatic heterocycles. The van der Waals surface area contributed by atoms with E-state index in [2.05, 4.69) is 9.82 Å². The number of rotatable bonds is 4. The number of hydrogen-bond donors (Lipinski definition) is 1. The second-order valence-electron chi connectivity index (χ2n) is 1.69. The van der Waals surface area contributed by atoms with Crippen molar-refractivity contribution in [1.29, 1.82) is 0 Å². The lowest BCUT2D eigenvalue weighted by Gasteiger charge is -2.05. The maximum absolute atomic E-state index is 10.7. The van der Waals surface area contributed by atoms with Gasteiger partial charge in [0.25, 0.3) is 0 Å². The van der Waals surface area contributed by atoms with E-state index in [1.54, 1.807) is 13.8 Å². The van der Waals surface area contributed by atoms with E-state index in [4.69, 9.17) is 0 Å². The summed E-state index contributed by atoms with van der Waals surface area (Å²) in [6.07, 6.45) is 0. The van der Waals surface area contributed by atoms with Crippen molar-refractivity contribution in [2.24, 2.45) is 0 Å². The average Bonchev–Trinajstić information content (AvgIpc) is 1.89. The number of nitrogens with one attached hydrogen (secondary N) is 1. The monoisotopic (exact) mass is 163 g/mol. The van der Waals surface area contributed by atoms with Gasteiger partial charge in [0.15, 0.2) is 0 Å². The van der Waals surface area contributed by atoms with E-state index in [1.807, 2.05) is 0 Å². The molecular formula is C5H10NO3P. The van der Waals surface area contributed by atoms with Crippen molar-refractivity contribution in [3.8, 4) is 0 Å². The van der Waals surface area contributed by atoms with Crippen LogP contribution in [0.4, 0.5) is 0 Å². The predicted octanol–water partition coefficient (Wildman–Crippen LogP) is 0.734.